The Morgan fingerprint density at radius 3 is 2.22 bits per heavy atom. The van der Waals surface area contributed by atoms with Gasteiger partial charge in [-0.15, -0.1) is 0 Å². The lowest BCUT2D eigenvalue weighted by molar-refractivity contribution is -0.122. The molecule has 1 aliphatic rings. The first-order valence-electron chi connectivity index (χ1n) is 11.3. The second-order valence-corrected chi connectivity index (χ2v) is 10.4. The smallest absolute Gasteiger partial charge is 0.252 e. The maximum Gasteiger partial charge on any atom is 0.252 e. The topological polar surface area (TPSA) is 98.5 Å². The lowest BCUT2D eigenvalue weighted by atomic mass is 10.1. The monoisotopic (exact) mass is 495 g/mol. The van der Waals surface area contributed by atoms with Crippen molar-refractivity contribution in [3.8, 4) is 6.07 Å². The molecule has 4 aromatic rings. The van der Waals surface area contributed by atoms with Crippen LogP contribution in [0.3, 0.4) is 0 Å². The van der Waals surface area contributed by atoms with Gasteiger partial charge < -0.3 is 0 Å². The number of carbonyl (C=O) groups is 2. The lowest BCUT2D eigenvalue weighted by Crippen LogP contribution is -2.45. The Morgan fingerprint density at radius 1 is 0.861 bits per heavy atom. The van der Waals surface area contributed by atoms with Gasteiger partial charge in [-0.3, -0.25) is 9.59 Å². The number of imide groups is 1. The molecule has 0 N–H and O–H groups in total. The molecule has 0 aliphatic carbocycles. The third-order valence-electron chi connectivity index (χ3n) is 6.23. The highest BCUT2D eigenvalue weighted by atomic mass is 32.2. The zero-order chi connectivity index (χ0) is 25.3. The minimum Gasteiger partial charge on any atom is -0.274 e. The SMILES string of the molecule is N#Cc1ccc(N2C(=O)CC(N(Cc3ccccc3)S(=O)(=O)c3ccc4ccccc4c3)C2=O)cc1. The first kappa shape index (κ1) is 23.4. The van der Waals surface area contributed by atoms with E-state index in [9.17, 15) is 18.0 Å². The van der Waals surface area contributed by atoms with Gasteiger partial charge in [0, 0.05) is 6.54 Å². The Labute approximate surface area is 208 Å². The Hall–Kier alpha value is -4.32. The fourth-order valence-electron chi connectivity index (χ4n) is 4.39. The van der Waals surface area contributed by atoms with E-state index in [1.54, 1.807) is 36.4 Å². The van der Waals surface area contributed by atoms with Crippen molar-refractivity contribution in [2.75, 3.05) is 4.90 Å². The predicted molar refractivity (Wildman–Crippen MR) is 135 cm³/mol. The van der Waals surface area contributed by atoms with Gasteiger partial charge in [-0.25, -0.2) is 13.3 Å². The van der Waals surface area contributed by atoms with E-state index in [1.807, 2.05) is 36.4 Å². The molecule has 8 heteroatoms. The zero-order valence-electron chi connectivity index (χ0n) is 19.1. The quantitative estimate of drug-likeness (QED) is 0.373. The number of hydrogen-bond acceptors (Lipinski definition) is 5. The van der Waals surface area contributed by atoms with E-state index in [-0.39, 0.29) is 17.9 Å². The second-order valence-electron chi connectivity index (χ2n) is 8.49. The number of hydrogen-bond donors (Lipinski definition) is 0. The Bertz CT molecular complexity index is 1610. The van der Waals surface area contributed by atoms with Crippen LogP contribution < -0.4 is 4.90 Å². The summed E-state index contributed by atoms with van der Waals surface area (Å²) in [6.07, 6.45) is -0.279. The third kappa shape index (κ3) is 4.26. The fraction of sp³-hybridized carbons (Fsp3) is 0.107. The van der Waals surface area contributed by atoms with Crippen LogP contribution in [0, 0.1) is 11.3 Å². The summed E-state index contributed by atoms with van der Waals surface area (Å²) in [5, 5.41) is 10.7. The van der Waals surface area contributed by atoms with Crippen molar-refractivity contribution in [2.24, 2.45) is 0 Å². The zero-order valence-corrected chi connectivity index (χ0v) is 19.9. The van der Waals surface area contributed by atoms with Crippen LogP contribution in [0.1, 0.15) is 17.5 Å². The maximum atomic E-state index is 14.0. The number of benzene rings is 4. The number of carbonyl (C=O) groups excluding carboxylic acids is 2. The van der Waals surface area contributed by atoms with Crippen molar-refractivity contribution in [3.63, 3.8) is 0 Å². The molecule has 0 saturated carbocycles. The standard InChI is InChI=1S/C28H21N3O4S/c29-18-20-10-13-24(14-11-20)31-27(32)17-26(28(31)33)30(19-21-6-2-1-3-7-21)36(34,35)25-15-12-22-8-4-5-9-23(22)16-25/h1-16,26H,17,19H2. The molecule has 7 nitrogen and oxygen atoms in total. The highest BCUT2D eigenvalue weighted by Gasteiger charge is 2.47. The van der Waals surface area contributed by atoms with Gasteiger partial charge in [0.25, 0.3) is 5.91 Å². The summed E-state index contributed by atoms with van der Waals surface area (Å²) in [4.78, 5) is 27.5. The van der Waals surface area contributed by atoms with Crippen molar-refractivity contribution >= 4 is 38.3 Å². The number of nitriles is 1. The molecule has 4 aromatic carbocycles. The summed E-state index contributed by atoms with van der Waals surface area (Å²) in [6, 6.07) is 28.1. The number of nitrogens with zero attached hydrogens (tertiary/aromatic N) is 3. The second kappa shape index (κ2) is 9.38. The summed E-state index contributed by atoms with van der Waals surface area (Å²) >= 11 is 0. The largest absolute Gasteiger partial charge is 0.274 e. The van der Waals surface area contributed by atoms with Gasteiger partial charge in [-0.1, -0.05) is 60.7 Å². The van der Waals surface area contributed by atoms with Crippen molar-refractivity contribution in [1.29, 1.82) is 5.26 Å². The minimum atomic E-state index is -4.16. The summed E-state index contributed by atoms with van der Waals surface area (Å²) in [5.74, 6) is -1.12. The molecule has 36 heavy (non-hydrogen) atoms. The molecule has 1 unspecified atom stereocenters. The van der Waals surface area contributed by atoms with E-state index < -0.39 is 27.9 Å². The van der Waals surface area contributed by atoms with Crippen LogP contribution in [0.15, 0.2) is 102 Å². The first-order chi connectivity index (χ1) is 17.4. The fourth-order valence-corrected chi connectivity index (χ4v) is 5.99. The van der Waals surface area contributed by atoms with E-state index in [4.69, 9.17) is 5.26 Å². The molecule has 1 fully saturated rings. The number of rotatable bonds is 6. The van der Waals surface area contributed by atoms with E-state index >= 15 is 0 Å². The van der Waals surface area contributed by atoms with Crippen molar-refractivity contribution < 1.29 is 18.0 Å². The Kier molecular flexibility index (Phi) is 6.10. The Morgan fingerprint density at radius 2 is 1.53 bits per heavy atom. The number of anilines is 1. The van der Waals surface area contributed by atoms with Gasteiger partial charge in [0.15, 0.2) is 0 Å². The van der Waals surface area contributed by atoms with Crippen molar-refractivity contribution in [2.45, 2.75) is 23.9 Å². The highest BCUT2D eigenvalue weighted by Crippen LogP contribution is 2.31. The Balaban J connectivity index is 1.56. The predicted octanol–water partition coefficient (Wildman–Crippen LogP) is 4.23. The van der Waals surface area contributed by atoms with E-state index in [0.717, 1.165) is 20.0 Å². The van der Waals surface area contributed by atoms with Crippen LogP contribution in [0.25, 0.3) is 10.8 Å². The molecule has 0 spiro atoms. The van der Waals surface area contributed by atoms with Crippen molar-refractivity contribution in [1.82, 2.24) is 4.31 Å². The lowest BCUT2D eigenvalue weighted by Gasteiger charge is -2.27. The minimum absolute atomic E-state index is 0.0502. The summed E-state index contributed by atoms with van der Waals surface area (Å²) in [6.45, 7) is -0.0686. The third-order valence-corrected chi connectivity index (χ3v) is 8.08. The van der Waals surface area contributed by atoms with Crippen LogP contribution in [0.2, 0.25) is 0 Å². The molecule has 0 aromatic heterocycles. The highest BCUT2D eigenvalue weighted by molar-refractivity contribution is 7.89. The van der Waals surface area contributed by atoms with E-state index in [2.05, 4.69) is 0 Å². The van der Waals surface area contributed by atoms with Gasteiger partial charge >= 0.3 is 0 Å². The van der Waals surface area contributed by atoms with E-state index in [0.29, 0.717) is 16.8 Å². The number of fused-ring (bicyclic) bond motifs is 1. The molecule has 1 saturated heterocycles. The molecule has 1 atom stereocenters. The first-order valence-corrected chi connectivity index (χ1v) is 12.7. The molecule has 5 rings (SSSR count). The van der Waals surface area contributed by atoms with Gasteiger partial charge in [0.1, 0.15) is 6.04 Å². The maximum absolute atomic E-state index is 14.0. The average Bonchev–Trinajstić information content (AvgIpc) is 3.20. The molecular weight excluding hydrogens is 474 g/mol. The van der Waals surface area contributed by atoms with Crippen LogP contribution in [0.5, 0.6) is 0 Å². The number of amides is 2. The normalized spacial score (nSPS) is 16.0. The summed E-state index contributed by atoms with van der Waals surface area (Å²) in [5.41, 5.74) is 1.38. The van der Waals surface area contributed by atoms with Crippen molar-refractivity contribution in [3.05, 3.63) is 108 Å². The van der Waals surface area contributed by atoms with Crippen LogP contribution in [-0.4, -0.2) is 30.6 Å². The molecule has 1 aliphatic heterocycles. The molecule has 2 amide bonds. The number of sulfonamides is 1. The molecular formula is C28H21N3O4S. The molecule has 0 bridgehead atoms. The van der Waals surface area contributed by atoms with Gasteiger partial charge in [0.05, 0.1) is 28.6 Å². The van der Waals surface area contributed by atoms with Gasteiger partial charge in [-0.05, 0) is 52.7 Å². The molecule has 1 heterocycles. The van der Waals surface area contributed by atoms with E-state index in [1.165, 1.54) is 30.3 Å². The van der Waals surface area contributed by atoms with Crippen LogP contribution in [-0.2, 0) is 26.2 Å². The average molecular weight is 496 g/mol. The molecule has 178 valence electrons. The van der Waals surface area contributed by atoms with Gasteiger partial charge in [0.2, 0.25) is 15.9 Å². The van der Waals surface area contributed by atoms with Crippen LogP contribution in [0.4, 0.5) is 5.69 Å². The summed E-state index contributed by atoms with van der Waals surface area (Å²) in [7, 11) is -4.16. The van der Waals surface area contributed by atoms with Gasteiger partial charge in [-0.2, -0.15) is 9.57 Å². The molecule has 0 radical (unpaired) electrons. The van der Waals surface area contributed by atoms with Crippen LogP contribution >= 0.6 is 0 Å². The summed E-state index contributed by atoms with van der Waals surface area (Å²) < 4.78 is 29.0.